The number of nitrogens with zero attached hydrogens (tertiary/aromatic N) is 2. The monoisotopic (exact) mass is 408 g/mol. The fourth-order valence-corrected chi connectivity index (χ4v) is 4.46. The number of aromatic nitrogens is 2. The first kappa shape index (κ1) is 19.8. The van der Waals surface area contributed by atoms with E-state index in [4.69, 9.17) is 0 Å². The van der Waals surface area contributed by atoms with Crippen molar-refractivity contribution >= 4 is 40.0 Å². The molecule has 1 heterocycles. The van der Waals surface area contributed by atoms with Crippen LogP contribution in [-0.2, 0) is 16.1 Å². The Balaban J connectivity index is 1.40. The third-order valence-corrected chi connectivity index (χ3v) is 6.31. The van der Waals surface area contributed by atoms with E-state index in [0.29, 0.717) is 16.0 Å². The molecule has 1 aromatic heterocycles. The van der Waals surface area contributed by atoms with Crippen LogP contribution in [0.5, 0.6) is 0 Å². The molecule has 27 heavy (non-hydrogen) atoms. The maximum absolute atomic E-state index is 12.9. The Labute approximate surface area is 165 Å². The van der Waals surface area contributed by atoms with Crippen molar-refractivity contribution in [3.05, 3.63) is 35.6 Å². The molecule has 2 aromatic rings. The van der Waals surface area contributed by atoms with Crippen LogP contribution in [0.25, 0.3) is 0 Å². The smallest absolute Gasteiger partial charge is 0.230 e. The highest BCUT2D eigenvalue weighted by Crippen LogP contribution is 2.28. The molecule has 2 N–H and O–H groups in total. The zero-order valence-corrected chi connectivity index (χ0v) is 16.4. The van der Waals surface area contributed by atoms with Crippen LogP contribution in [0.3, 0.4) is 0 Å². The molecule has 0 radical (unpaired) electrons. The second-order valence-electron chi connectivity index (χ2n) is 6.39. The molecule has 1 aromatic carbocycles. The molecule has 1 fully saturated rings. The van der Waals surface area contributed by atoms with E-state index in [1.54, 1.807) is 12.1 Å². The number of hydrogen-bond donors (Lipinski definition) is 2. The highest BCUT2D eigenvalue weighted by Gasteiger charge is 2.22. The van der Waals surface area contributed by atoms with Crippen LogP contribution in [0, 0.1) is 11.7 Å². The molecule has 6 nitrogen and oxygen atoms in total. The first-order chi connectivity index (χ1) is 13.1. The summed E-state index contributed by atoms with van der Waals surface area (Å²) >= 11 is 2.54. The van der Waals surface area contributed by atoms with Gasteiger partial charge in [0.2, 0.25) is 16.9 Å². The van der Waals surface area contributed by atoms with Crippen molar-refractivity contribution in [3.8, 4) is 0 Å². The van der Waals surface area contributed by atoms with Crippen LogP contribution in [-0.4, -0.2) is 27.8 Å². The number of carbonyl (C=O) groups excluding carboxylic acids is 2. The minimum Gasteiger partial charge on any atom is -0.351 e. The van der Waals surface area contributed by atoms with E-state index in [1.165, 1.54) is 41.7 Å². The number of carbonyl (C=O) groups is 2. The van der Waals surface area contributed by atoms with Gasteiger partial charge in [0.25, 0.3) is 0 Å². The molecule has 0 bridgehead atoms. The van der Waals surface area contributed by atoms with Crippen LogP contribution in [0.4, 0.5) is 9.52 Å². The lowest BCUT2D eigenvalue weighted by atomic mass is 9.89. The lowest BCUT2D eigenvalue weighted by Gasteiger charge is -2.19. The number of hydrogen-bond acceptors (Lipinski definition) is 6. The number of rotatable bonds is 7. The third-order valence-electron chi connectivity index (χ3n) is 4.34. The summed E-state index contributed by atoms with van der Waals surface area (Å²) in [6.07, 6.45) is 5.26. The van der Waals surface area contributed by atoms with E-state index in [0.717, 1.165) is 31.2 Å². The number of thioether (sulfide) groups is 1. The summed E-state index contributed by atoms with van der Waals surface area (Å²) in [4.78, 5) is 24.1. The molecular formula is C18H21FN4O2S2. The highest BCUT2D eigenvalue weighted by atomic mass is 32.2. The van der Waals surface area contributed by atoms with Gasteiger partial charge in [0, 0.05) is 12.5 Å². The summed E-state index contributed by atoms with van der Waals surface area (Å²) in [7, 11) is 0. The van der Waals surface area contributed by atoms with Gasteiger partial charge >= 0.3 is 0 Å². The molecule has 1 saturated carbocycles. The second kappa shape index (κ2) is 9.80. The number of anilines is 1. The van der Waals surface area contributed by atoms with Crippen molar-refractivity contribution in [3.63, 3.8) is 0 Å². The highest BCUT2D eigenvalue weighted by molar-refractivity contribution is 8.01. The van der Waals surface area contributed by atoms with Crippen molar-refractivity contribution in [2.75, 3.05) is 11.1 Å². The molecule has 9 heteroatoms. The van der Waals surface area contributed by atoms with Gasteiger partial charge < -0.3 is 10.6 Å². The lowest BCUT2D eigenvalue weighted by molar-refractivity contribution is -0.121. The van der Waals surface area contributed by atoms with E-state index >= 15 is 0 Å². The van der Waals surface area contributed by atoms with Crippen molar-refractivity contribution in [2.24, 2.45) is 5.92 Å². The van der Waals surface area contributed by atoms with Gasteiger partial charge in [0.1, 0.15) is 5.82 Å². The van der Waals surface area contributed by atoms with E-state index in [1.807, 2.05) is 0 Å². The van der Waals surface area contributed by atoms with Gasteiger partial charge in [-0.25, -0.2) is 4.39 Å². The van der Waals surface area contributed by atoms with E-state index in [-0.39, 0.29) is 29.3 Å². The molecule has 0 saturated heterocycles. The van der Waals surface area contributed by atoms with Crippen molar-refractivity contribution in [2.45, 2.75) is 43.0 Å². The topological polar surface area (TPSA) is 84.0 Å². The molecule has 2 amide bonds. The normalized spacial score (nSPS) is 14.7. The largest absolute Gasteiger partial charge is 0.351 e. The third kappa shape index (κ3) is 6.28. The summed E-state index contributed by atoms with van der Waals surface area (Å²) < 4.78 is 13.5. The maximum Gasteiger partial charge on any atom is 0.230 e. The molecule has 0 spiro atoms. The molecule has 0 atom stereocenters. The molecular weight excluding hydrogens is 387 g/mol. The summed E-state index contributed by atoms with van der Waals surface area (Å²) in [5.41, 5.74) is 0.832. The average Bonchev–Trinajstić information content (AvgIpc) is 3.14. The predicted octanol–water partition coefficient (Wildman–Crippen LogP) is 3.60. The summed E-state index contributed by atoms with van der Waals surface area (Å²) in [6.45, 7) is 0.346. The molecule has 0 aliphatic heterocycles. The SMILES string of the molecule is O=C(CSc1nnc(NC(=O)C2CCCCC2)s1)NCc1ccc(F)cc1. The number of nitrogens with one attached hydrogen (secondary N) is 2. The summed E-state index contributed by atoms with van der Waals surface area (Å²) in [6, 6.07) is 5.99. The van der Waals surface area contributed by atoms with Gasteiger partial charge in [-0.3, -0.25) is 9.59 Å². The van der Waals surface area contributed by atoms with Crippen LogP contribution >= 0.6 is 23.1 Å². The first-order valence-electron chi connectivity index (χ1n) is 8.88. The van der Waals surface area contributed by atoms with Crippen LogP contribution in [0.2, 0.25) is 0 Å². The maximum atomic E-state index is 12.9. The minimum atomic E-state index is -0.303. The van der Waals surface area contributed by atoms with Gasteiger partial charge in [0.15, 0.2) is 4.34 Å². The van der Waals surface area contributed by atoms with Crippen LogP contribution < -0.4 is 10.6 Å². The first-order valence-corrected chi connectivity index (χ1v) is 10.7. The fourth-order valence-electron chi connectivity index (χ4n) is 2.87. The zero-order chi connectivity index (χ0) is 19.1. The Hall–Kier alpha value is -2.00. The molecule has 1 aliphatic rings. The van der Waals surface area contributed by atoms with E-state index in [2.05, 4.69) is 20.8 Å². The number of halogens is 1. The number of amides is 2. The van der Waals surface area contributed by atoms with Gasteiger partial charge in [0.05, 0.1) is 5.75 Å². The standard InChI is InChI=1S/C18H21FN4O2S2/c19-14-8-6-12(7-9-14)10-20-15(24)11-26-18-23-22-17(27-18)21-16(25)13-4-2-1-3-5-13/h6-9,13H,1-5,10-11H2,(H,20,24)(H,21,22,25). The van der Waals surface area contributed by atoms with Gasteiger partial charge in [-0.2, -0.15) is 0 Å². The van der Waals surface area contributed by atoms with Gasteiger partial charge in [-0.05, 0) is 30.5 Å². The quantitative estimate of drug-likeness (QED) is 0.540. The average molecular weight is 409 g/mol. The Kier molecular flexibility index (Phi) is 7.17. The van der Waals surface area contributed by atoms with Crippen molar-refractivity contribution in [1.29, 1.82) is 0 Å². The van der Waals surface area contributed by atoms with Crippen LogP contribution in [0.1, 0.15) is 37.7 Å². The molecule has 144 valence electrons. The fraction of sp³-hybridized carbons (Fsp3) is 0.444. The molecule has 0 unspecified atom stereocenters. The molecule has 1 aliphatic carbocycles. The zero-order valence-electron chi connectivity index (χ0n) is 14.7. The van der Waals surface area contributed by atoms with Crippen molar-refractivity contribution in [1.82, 2.24) is 15.5 Å². The predicted molar refractivity (Wildman–Crippen MR) is 104 cm³/mol. The number of benzene rings is 1. The Morgan fingerprint density at radius 3 is 2.63 bits per heavy atom. The summed E-state index contributed by atoms with van der Waals surface area (Å²) in [5, 5.41) is 14.1. The second-order valence-corrected chi connectivity index (χ2v) is 8.59. The Bertz CT molecular complexity index is 776. The Morgan fingerprint density at radius 1 is 1.15 bits per heavy atom. The van der Waals surface area contributed by atoms with E-state index in [9.17, 15) is 14.0 Å². The van der Waals surface area contributed by atoms with Gasteiger partial charge in [-0.15, -0.1) is 10.2 Å². The van der Waals surface area contributed by atoms with E-state index < -0.39 is 0 Å². The molecule has 3 rings (SSSR count). The minimum absolute atomic E-state index is 0.0134. The van der Waals surface area contributed by atoms with Crippen molar-refractivity contribution < 1.29 is 14.0 Å². The van der Waals surface area contributed by atoms with Gasteiger partial charge in [-0.1, -0.05) is 54.5 Å². The van der Waals surface area contributed by atoms with Crippen LogP contribution in [0.15, 0.2) is 28.6 Å². The Morgan fingerprint density at radius 2 is 1.89 bits per heavy atom. The lowest BCUT2D eigenvalue weighted by Crippen LogP contribution is -2.24. The summed E-state index contributed by atoms with van der Waals surface area (Å²) in [5.74, 6) is -0.169.